The number of piperidine rings is 1. The first-order valence-electron chi connectivity index (χ1n) is 7.74. The van der Waals surface area contributed by atoms with Crippen LogP contribution in [0.1, 0.15) is 38.7 Å². The van der Waals surface area contributed by atoms with Crippen LogP contribution in [0.3, 0.4) is 0 Å². The van der Waals surface area contributed by atoms with Gasteiger partial charge in [-0.25, -0.2) is 13.6 Å². The van der Waals surface area contributed by atoms with Crippen molar-refractivity contribution >= 4 is 12.1 Å². The molecular formula is C17H21F2NO4. The van der Waals surface area contributed by atoms with E-state index in [9.17, 15) is 23.5 Å². The standard InChI is InChI=1S/C17H21F2NO4/c1-17(2,3)24-16(23)20-7-6-11(13(9-20)15(21)22)12-5-4-10(18)8-14(12)19/h4-5,8,11,13H,6-7,9H2,1-3H3,(H,21,22)/t11-,13-/m1/s1. The average Bonchev–Trinajstić information content (AvgIpc) is 2.45. The molecule has 0 saturated carbocycles. The van der Waals surface area contributed by atoms with Gasteiger partial charge >= 0.3 is 12.1 Å². The summed E-state index contributed by atoms with van der Waals surface area (Å²) in [5.41, 5.74) is -0.525. The molecule has 5 nitrogen and oxygen atoms in total. The molecule has 1 aromatic rings. The van der Waals surface area contributed by atoms with Gasteiger partial charge in [0, 0.05) is 25.1 Å². The molecule has 0 aromatic heterocycles. The Morgan fingerprint density at radius 2 is 1.96 bits per heavy atom. The van der Waals surface area contributed by atoms with Crippen molar-refractivity contribution in [3.8, 4) is 0 Å². The summed E-state index contributed by atoms with van der Waals surface area (Å²) >= 11 is 0. The number of aliphatic carboxylic acids is 1. The van der Waals surface area contributed by atoms with Crippen molar-refractivity contribution in [1.82, 2.24) is 4.90 Å². The highest BCUT2D eigenvalue weighted by Crippen LogP contribution is 2.35. The van der Waals surface area contributed by atoms with Crippen LogP contribution in [-0.2, 0) is 9.53 Å². The molecule has 2 rings (SSSR count). The fourth-order valence-corrected chi connectivity index (χ4v) is 2.87. The second-order valence-corrected chi connectivity index (χ2v) is 6.93. The van der Waals surface area contributed by atoms with Crippen molar-refractivity contribution < 1.29 is 28.2 Å². The van der Waals surface area contributed by atoms with Crippen molar-refractivity contribution in [2.45, 2.75) is 38.7 Å². The van der Waals surface area contributed by atoms with Crippen LogP contribution in [0.2, 0.25) is 0 Å². The Balaban J connectivity index is 2.20. The number of halogens is 2. The van der Waals surface area contributed by atoms with E-state index < -0.39 is 41.1 Å². The van der Waals surface area contributed by atoms with E-state index in [1.54, 1.807) is 20.8 Å². The van der Waals surface area contributed by atoms with E-state index in [2.05, 4.69) is 0 Å². The zero-order valence-corrected chi connectivity index (χ0v) is 13.9. The van der Waals surface area contributed by atoms with Crippen LogP contribution in [0.15, 0.2) is 18.2 Å². The van der Waals surface area contributed by atoms with Crippen LogP contribution >= 0.6 is 0 Å². The van der Waals surface area contributed by atoms with Gasteiger partial charge in [-0.15, -0.1) is 0 Å². The lowest BCUT2D eigenvalue weighted by atomic mass is 9.80. The first kappa shape index (κ1) is 18.2. The molecule has 0 radical (unpaired) electrons. The number of ether oxygens (including phenoxy) is 1. The molecule has 1 fully saturated rings. The first-order chi connectivity index (χ1) is 11.1. The summed E-state index contributed by atoms with van der Waals surface area (Å²) in [6.07, 6.45) is -0.328. The van der Waals surface area contributed by atoms with Crippen molar-refractivity contribution in [3.05, 3.63) is 35.4 Å². The smallest absolute Gasteiger partial charge is 0.410 e. The normalized spacial score (nSPS) is 21.5. The predicted molar refractivity (Wildman–Crippen MR) is 82.6 cm³/mol. The van der Waals surface area contributed by atoms with E-state index in [4.69, 9.17) is 4.74 Å². The number of carboxylic acids is 1. The van der Waals surface area contributed by atoms with Gasteiger partial charge in [0.2, 0.25) is 0 Å². The summed E-state index contributed by atoms with van der Waals surface area (Å²) in [6.45, 7) is 5.34. The minimum Gasteiger partial charge on any atom is -0.481 e. The topological polar surface area (TPSA) is 66.8 Å². The van der Waals surface area contributed by atoms with Gasteiger partial charge in [-0.2, -0.15) is 0 Å². The number of hydrogen-bond acceptors (Lipinski definition) is 3. The highest BCUT2D eigenvalue weighted by molar-refractivity contribution is 5.74. The summed E-state index contributed by atoms with van der Waals surface area (Å²) in [5, 5.41) is 9.47. The lowest BCUT2D eigenvalue weighted by Crippen LogP contribution is -2.47. The van der Waals surface area contributed by atoms with Crippen LogP contribution in [-0.4, -0.2) is 40.8 Å². The van der Waals surface area contributed by atoms with Gasteiger partial charge in [0.15, 0.2) is 0 Å². The molecule has 1 N–H and O–H groups in total. The Morgan fingerprint density at radius 3 is 2.50 bits per heavy atom. The third-order valence-corrected chi connectivity index (χ3v) is 3.94. The van der Waals surface area contributed by atoms with Crippen LogP contribution in [0.5, 0.6) is 0 Å². The first-order valence-corrected chi connectivity index (χ1v) is 7.74. The number of amides is 1. The zero-order valence-electron chi connectivity index (χ0n) is 13.9. The molecule has 1 amide bonds. The largest absolute Gasteiger partial charge is 0.481 e. The monoisotopic (exact) mass is 341 g/mol. The van der Waals surface area contributed by atoms with Gasteiger partial charge in [0.25, 0.3) is 0 Å². The maximum atomic E-state index is 14.0. The third-order valence-electron chi connectivity index (χ3n) is 3.94. The summed E-state index contributed by atoms with van der Waals surface area (Å²) < 4.78 is 32.3. The van der Waals surface area contributed by atoms with Crippen LogP contribution in [0.25, 0.3) is 0 Å². The average molecular weight is 341 g/mol. The number of benzene rings is 1. The minimum absolute atomic E-state index is 0.0776. The summed E-state index contributed by atoms with van der Waals surface area (Å²) in [4.78, 5) is 25.0. The highest BCUT2D eigenvalue weighted by Gasteiger charge is 2.39. The number of nitrogens with zero attached hydrogens (tertiary/aromatic N) is 1. The van der Waals surface area contributed by atoms with Gasteiger partial charge < -0.3 is 14.7 Å². The molecule has 24 heavy (non-hydrogen) atoms. The molecule has 1 saturated heterocycles. The molecule has 0 aliphatic carbocycles. The van der Waals surface area contributed by atoms with Crippen molar-refractivity contribution in [2.75, 3.05) is 13.1 Å². The molecule has 7 heteroatoms. The number of carboxylic acid groups (broad SMARTS) is 1. The molecule has 1 heterocycles. The van der Waals surface area contributed by atoms with Gasteiger partial charge in [-0.1, -0.05) is 6.07 Å². The van der Waals surface area contributed by atoms with Gasteiger partial charge in [-0.3, -0.25) is 4.79 Å². The molecule has 0 bridgehead atoms. The third kappa shape index (κ3) is 4.21. The van der Waals surface area contributed by atoms with E-state index in [1.165, 1.54) is 11.0 Å². The summed E-state index contributed by atoms with van der Waals surface area (Å²) in [5.74, 6) is -4.21. The van der Waals surface area contributed by atoms with Crippen LogP contribution in [0, 0.1) is 17.6 Å². The molecule has 0 unspecified atom stereocenters. The van der Waals surface area contributed by atoms with E-state index >= 15 is 0 Å². The highest BCUT2D eigenvalue weighted by atomic mass is 19.1. The van der Waals surface area contributed by atoms with Crippen LogP contribution < -0.4 is 0 Å². The second kappa shape index (κ2) is 6.75. The zero-order chi connectivity index (χ0) is 18.1. The van der Waals surface area contributed by atoms with E-state index in [-0.39, 0.29) is 25.1 Å². The number of carbonyl (C=O) groups is 2. The summed E-state index contributed by atoms with van der Waals surface area (Å²) in [7, 11) is 0. The molecule has 132 valence electrons. The van der Waals surface area contributed by atoms with Gasteiger partial charge in [-0.05, 0) is 38.8 Å². The van der Waals surface area contributed by atoms with Crippen molar-refractivity contribution in [2.24, 2.45) is 5.92 Å². The lowest BCUT2D eigenvalue weighted by molar-refractivity contribution is -0.144. The number of likely N-dealkylation sites (tertiary alicyclic amines) is 1. The molecule has 2 atom stereocenters. The van der Waals surface area contributed by atoms with E-state index in [0.717, 1.165) is 12.1 Å². The maximum absolute atomic E-state index is 14.0. The molecular weight excluding hydrogens is 320 g/mol. The molecule has 1 aliphatic rings. The van der Waals surface area contributed by atoms with Gasteiger partial charge in [0.1, 0.15) is 17.2 Å². The van der Waals surface area contributed by atoms with Crippen molar-refractivity contribution in [1.29, 1.82) is 0 Å². The van der Waals surface area contributed by atoms with Crippen LogP contribution in [0.4, 0.5) is 13.6 Å². The maximum Gasteiger partial charge on any atom is 0.410 e. The molecule has 0 spiro atoms. The quantitative estimate of drug-likeness (QED) is 0.895. The molecule has 1 aliphatic heterocycles. The number of hydrogen-bond donors (Lipinski definition) is 1. The Bertz CT molecular complexity index is 642. The Morgan fingerprint density at radius 1 is 1.29 bits per heavy atom. The fourth-order valence-electron chi connectivity index (χ4n) is 2.87. The summed E-state index contributed by atoms with van der Waals surface area (Å²) in [6, 6.07) is 3.13. The van der Waals surface area contributed by atoms with Crippen molar-refractivity contribution in [3.63, 3.8) is 0 Å². The number of rotatable bonds is 2. The number of carbonyl (C=O) groups excluding carboxylic acids is 1. The minimum atomic E-state index is -1.13. The van der Waals surface area contributed by atoms with E-state index in [0.29, 0.717) is 0 Å². The Labute approximate surface area is 139 Å². The lowest BCUT2D eigenvalue weighted by Gasteiger charge is -2.37. The Kier molecular flexibility index (Phi) is 5.11. The van der Waals surface area contributed by atoms with E-state index in [1.807, 2.05) is 0 Å². The SMILES string of the molecule is CC(C)(C)OC(=O)N1CC[C@H](c2ccc(F)cc2F)[C@H](C(=O)O)C1. The van der Waals surface area contributed by atoms with Gasteiger partial charge in [0.05, 0.1) is 5.92 Å². The fraction of sp³-hybridized carbons (Fsp3) is 0.529. The second-order valence-electron chi connectivity index (χ2n) is 6.93. The Hall–Kier alpha value is -2.18. The molecule has 1 aromatic carbocycles. The predicted octanol–water partition coefficient (Wildman–Crippen LogP) is 3.39.